The minimum absolute atomic E-state index is 0.245. The van der Waals surface area contributed by atoms with Crippen molar-refractivity contribution in [2.45, 2.75) is 32.7 Å². The predicted molar refractivity (Wildman–Crippen MR) is 138 cm³/mol. The summed E-state index contributed by atoms with van der Waals surface area (Å²) in [6.45, 7) is 5.09. The summed E-state index contributed by atoms with van der Waals surface area (Å²) in [7, 11) is 3.91. The monoisotopic (exact) mass is 508 g/mol. The van der Waals surface area contributed by atoms with Crippen LogP contribution in [0, 0.1) is 13.8 Å². The van der Waals surface area contributed by atoms with E-state index in [1.807, 2.05) is 33.4 Å². The van der Waals surface area contributed by atoms with Crippen LogP contribution in [0.5, 0.6) is 0 Å². The number of aryl methyl sites for hydroxylation is 3. The Balaban J connectivity index is 1.28. The Hall–Kier alpha value is -3.77. The zero-order chi connectivity index (χ0) is 25.4. The van der Waals surface area contributed by atoms with Gasteiger partial charge in [0.2, 0.25) is 0 Å². The van der Waals surface area contributed by atoms with Crippen LogP contribution >= 0.6 is 11.3 Å². The summed E-state index contributed by atoms with van der Waals surface area (Å²) in [6, 6.07) is 1.91. The Morgan fingerprint density at radius 3 is 2.72 bits per heavy atom. The van der Waals surface area contributed by atoms with Crippen LogP contribution in [0.1, 0.15) is 34.6 Å². The predicted octanol–water partition coefficient (Wildman–Crippen LogP) is 3.70. The van der Waals surface area contributed by atoms with Gasteiger partial charge in [-0.2, -0.15) is 10.2 Å². The molecule has 1 atom stereocenters. The topological polar surface area (TPSA) is 119 Å². The van der Waals surface area contributed by atoms with Crippen LogP contribution in [0.25, 0.3) is 15.3 Å². The van der Waals surface area contributed by atoms with Gasteiger partial charge in [-0.15, -0.1) is 11.3 Å². The van der Waals surface area contributed by atoms with Crippen LogP contribution in [0.2, 0.25) is 0 Å². The lowest BCUT2D eigenvalue weighted by Crippen LogP contribution is -2.31. The average molecular weight is 509 g/mol. The smallest absolute Gasteiger partial charge is 0.411 e. The van der Waals surface area contributed by atoms with Gasteiger partial charge in [0.1, 0.15) is 11.4 Å². The van der Waals surface area contributed by atoms with Crippen LogP contribution < -0.4 is 10.6 Å². The molecule has 0 bridgehead atoms. The lowest BCUT2D eigenvalue weighted by molar-refractivity contribution is 0.102. The Kier molecular flexibility index (Phi) is 6.46. The summed E-state index contributed by atoms with van der Waals surface area (Å²) >= 11 is 1.48. The highest BCUT2D eigenvalue weighted by Gasteiger charge is 2.23. The number of amides is 2. The summed E-state index contributed by atoms with van der Waals surface area (Å²) in [4.78, 5) is 33.7. The number of hydrogen-bond donors (Lipinski definition) is 2. The molecule has 2 N–H and O–H groups in total. The van der Waals surface area contributed by atoms with Crippen LogP contribution in [0.3, 0.4) is 0 Å². The van der Waals surface area contributed by atoms with Crippen LogP contribution in [0.4, 0.5) is 16.2 Å². The molecule has 1 aliphatic heterocycles. The maximum absolute atomic E-state index is 13.2. The number of ether oxygens (including phenoxy) is 1. The second-order valence-corrected chi connectivity index (χ2v) is 10.0. The molecule has 4 aromatic heterocycles. The number of likely N-dealkylation sites (N-methyl/N-ethyl adjacent to an activating group) is 1. The Morgan fingerprint density at radius 2 is 2.00 bits per heavy atom. The fourth-order valence-electron chi connectivity index (χ4n) is 4.34. The molecule has 1 aliphatic rings. The molecule has 1 fully saturated rings. The Bertz CT molecular complexity index is 1440. The number of likely N-dealkylation sites (tertiary alicyclic amines) is 1. The third-order valence-electron chi connectivity index (χ3n) is 6.38. The van der Waals surface area contributed by atoms with Gasteiger partial charge in [0.25, 0.3) is 5.91 Å². The molecule has 12 heteroatoms. The number of pyridine rings is 1. The molecule has 0 aliphatic carbocycles. The average Bonchev–Trinajstić information content (AvgIpc) is 3.59. The van der Waals surface area contributed by atoms with Crippen LogP contribution in [0.15, 0.2) is 30.9 Å². The van der Waals surface area contributed by atoms with Crippen molar-refractivity contribution in [2.75, 3.05) is 30.8 Å². The number of nitrogens with one attached hydrogen (secondary N) is 2. The molecule has 5 heterocycles. The summed E-state index contributed by atoms with van der Waals surface area (Å²) in [5, 5.41) is 14.3. The molecule has 4 aromatic rings. The quantitative estimate of drug-likeness (QED) is 0.408. The number of aromatic nitrogens is 5. The van der Waals surface area contributed by atoms with Crippen LogP contribution in [-0.4, -0.2) is 67.5 Å². The molecule has 1 saturated heterocycles. The summed E-state index contributed by atoms with van der Waals surface area (Å²) < 4.78 is 8.85. The zero-order valence-corrected chi connectivity index (χ0v) is 21.4. The van der Waals surface area contributed by atoms with Gasteiger partial charge in [-0.25, -0.2) is 9.31 Å². The standard InChI is InChI=1S/C24H28N8O3S/c1-14-19(11-31(4)29-14)21-12-32-23(36-21)18(10-26-32)22(33)28-20-8-16(9-25-15(20)2)27-24(34)35-13-17-6-5-7-30(17)3/h8-12,17H,5-7,13H2,1-4H3,(H,27,34)(H,28,33)/t17-/m0/s1. The highest BCUT2D eigenvalue weighted by Crippen LogP contribution is 2.32. The fourth-order valence-corrected chi connectivity index (χ4v) is 5.46. The molecule has 5 rings (SSSR count). The number of hydrogen-bond acceptors (Lipinski definition) is 8. The number of carbonyl (C=O) groups is 2. The van der Waals surface area contributed by atoms with Crippen molar-refractivity contribution < 1.29 is 14.3 Å². The third kappa shape index (κ3) is 4.82. The number of rotatable bonds is 6. The maximum atomic E-state index is 13.2. The molecule has 36 heavy (non-hydrogen) atoms. The highest BCUT2D eigenvalue weighted by atomic mass is 32.1. The van der Waals surface area contributed by atoms with Gasteiger partial charge >= 0.3 is 6.09 Å². The molecular formula is C24H28N8O3S. The normalized spacial score (nSPS) is 15.9. The molecule has 188 valence electrons. The van der Waals surface area contributed by atoms with Gasteiger partial charge in [-0.1, -0.05) is 0 Å². The van der Waals surface area contributed by atoms with Crippen molar-refractivity contribution >= 4 is 39.5 Å². The lowest BCUT2D eigenvalue weighted by atomic mass is 10.2. The Labute approximate surface area is 212 Å². The van der Waals surface area contributed by atoms with Crippen molar-refractivity contribution in [3.63, 3.8) is 0 Å². The van der Waals surface area contributed by atoms with Crippen molar-refractivity contribution in [1.29, 1.82) is 0 Å². The van der Waals surface area contributed by atoms with Crippen molar-refractivity contribution in [1.82, 2.24) is 29.3 Å². The van der Waals surface area contributed by atoms with E-state index in [0.717, 1.165) is 40.4 Å². The largest absolute Gasteiger partial charge is 0.448 e. The first-order valence-corrected chi connectivity index (χ1v) is 12.5. The molecule has 2 amide bonds. The number of thiazole rings is 1. The number of carbonyl (C=O) groups excluding carboxylic acids is 2. The number of anilines is 2. The number of fused-ring (bicyclic) bond motifs is 1. The van der Waals surface area contributed by atoms with Gasteiger partial charge in [-0.3, -0.25) is 19.8 Å². The molecule has 0 spiro atoms. The summed E-state index contributed by atoms with van der Waals surface area (Å²) in [5.41, 5.74) is 3.91. The van der Waals surface area contributed by atoms with E-state index in [0.29, 0.717) is 29.2 Å². The first-order chi connectivity index (χ1) is 17.3. The van der Waals surface area contributed by atoms with Crippen molar-refractivity contribution in [3.8, 4) is 10.4 Å². The van der Waals surface area contributed by atoms with E-state index in [1.54, 1.807) is 28.4 Å². The van der Waals surface area contributed by atoms with Gasteiger partial charge in [0, 0.05) is 31.0 Å². The van der Waals surface area contributed by atoms with E-state index in [1.165, 1.54) is 17.5 Å². The van der Waals surface area contributed by atoms with E-state index in [2.05, 4.69) is 30.7 Å². The molecule has 0 aromatic carbocycles. The second kappa shape index (κ2) is 9.70. The minimum atomic E-state index is -0.548. The van der Waals surface area contributed by atoms with E-state index in [-0.39, 0.29) is 11.9 Å². The first kappa shape index (κ1) is 23.9. The first-order valence-electron chi connectivity index (χ1n) is 11.7. The van der Waals surface area contributed by atoms with Crippen molar-refractivity contribution in [2.24, 2.45) is 7.05 Å². The highest BCUT2D eigenvalue weighted by molar-refractivity contribution is 7.21. The molecule has 0 unspecified atom stereocenters. The van der Waals surface area contributed by atoms with E-state index in [4.69, 9.17) is 4.74 Å². The van der Waals surface area contributed by atoms with Crippen LogP contribution in [-0.2, 0) is 11.8 Å². The van der Waals surface area contributed by atoms with Gasteiger partial charge in [0.05, 0.1) is 45.6 Å². The second-order valence-electron chi connectivity index (χ2n) is 9.02. The molecular weight excluding hydrogens is 480 g/mol. The lowest BCUT2D eigenvalue weighted by Gasteiger charge is -2.19. The van der Waals surface area contributed by atoms with Crippen molar-refractivity contribution in [3.05, 3.63) is 47.8 Å². The minimum Gasteiger partial charge on any atom is -0.448 e. The third-order valence-corrected chi connectivity index (χ3v) is 7.52. The summed E-state index contributed by atoms with van der Waals surface area (Å²) in [5.74, 6) is -0.310. The van der Waals surface area contributed by atoms with Gasteiger partial charge in [0.15, 0.2) is 0 Å². The fraction of sp³-hybridized carbons (Fsp3) is 0.375. The van der Waals surface area contributed by atoms with E-state index in [9.17, 15) is 9.59 Å². The number of nitrogens with zero attached hydrogens (tertiary/aromatic N) is 6. The van der Waals surface area contributed by atoms with E-state index < -0.39 is 6.09 Å². The Morgan fingerprint density at radius 1 is 1.17 bits per heavy atom. The van der Waals surface area contributed by atoms with Gasteiger partial charge < -0.3 is 15.0 Å². The van der Waals surface area contributed by atoms with E-state index >= 15 is 0 Å². The maximum Gasteiger partial charge on any atom is 0.411 e. The zero-order valence-electron chi connectivity index (χ0n) is 20.6. The SMILES string of the molecule is Cc1ncc(NC(=O)OC[C@@H]2CCCN2C)cc1NC(=O)c1cnn2cc(-c3cn(C)nc3C)sc12. The molecule has 0 saturated carbocycles. The molecule has 11 nitrogen and oxygen atoms in total. The van der Waals surface area contributed by atoms with Gasteiger partial charge in [-0.05, 0) is 46.3 Å². The summed E-state index contributed by atoms with van der Waals surface area (Å²) in [6.07, 6.45) is 8.50. The molecule has 0 radical (unpaired) electrons.